The fourth-order valence-electron chi connectivity index (χ4n) is 0.909. The third-order valence-electron chi connectivity index (χ3n) is 1.56. The SMILES string of the molecule is CC1=C(N)C=CC(N)C1. The van der Waals surface area contributed by atoms with E-state index < -0.39 is 0 Å². The minimum absolute atomic E-state index is 0.178. The molecule has 0 aliphatic heterocycles. The lowest BCUT2D eigenvalue weighted by molar-refractivity contribution is 0.778. The molecule has 0 fully saturated rings. The minimum Gasteiger partial charge on any atom is -0.399 e. The average Bonchev–Trinajstić information content (AvgIpc) is 1.80. The molecule has 0 amide bonds. The first kappa shape index (κ1) is 6.36. The third kappa shape index (κ3) is 1.33. The van der Waals surface area contributed by atoms with E-state index in [0.717, 1.165) is 12.1 Å². The second kappa shape index (κ2) is 2.23. The van der Waals surface area contributed by atoms with Crippen molar-refractivity contribution in [3.63, 3.8) is 0 Å². The maximum absolute atomic E-state index is 5.61. The summed E-state index contributed by atoms with van der Waals surface area (Å²) < 4.78 is 0. The Balaban J connectivity index is 2.75. The van der Waals surface area contributed by atoms with Crippen molar-refractivity contribution in [2.24, 2.45) is 11.5 Å². The van der Waals surface area contributed by atoms with Crippen LogP contribution in [0.2, 0.25) is 0 Å². The zero-order chi connectivity index (χ0) is 6.85. The molecule has 4 N–H and O–H groups in total. The first-order chi connectivity index (χ1) is 4.20. The molecule has 0 spiro atoms. The largest absolute Gasteiger partial charge is 0.399 e. The van der Waals surface area contributed by atoms with Gasteiger partial charge in [0.05, 0.1) is 0 Å². The predicted molar refractivity (Wildman–Crippen MR) is 38.6 cm³/mol. The van der Waals surface area contributed by atoms with Gasteiger partial charge in [-0.1, -0.05) is 6.08 Å². The van der Waals surface area contributed by atoms with Crippen LogP contribution in [0.4, 0.5) is 0 Å². The van der Waals surface area contributed by atoms with Gasteiger partial charge in [0.1, 0.15) is 0 Å². The molecule has 0 radical (unpaired) electrons. The van der Waals surface area contributed by atoms with Gasteiger partial charge in [0.25, 0.3) is 0 Å². The number of nitrogens with two attached hydrogens (primary N) is 2. The first-order valence-corrected chi connectivity index (χ1v) is 3.09. The minimum atomic E-state index is 0.178. The standard InChI is InChI=1S/C7H12N2/c1-5-4-6(8)2-3-7(5)9/h2-3,6H,4,8-9H2,1H3. The molecule has 9 heavy (non-hydrogen) atoms. The lowest BCUT2D eigenvalue weighted by Crippen LogP contribution is -2.21. The van der Waals surface area contributed by atoms with Gasteiger partial charge in [0.15, 0.2) is 0 Å². The quantitative estimate of drug-likeness (QED) is 0.494. The topological polar surface area (TPSA) is 52.0 Å². The van der Waals surface area contributed by atoms with Crippen LogP contribution in [0.1, 0.15) is 13.3 Å². The van der Waals surface area contributed by atoms with E-state index in [0.29, 0.717) is 0 Å². The molecule has 0 heterocycles. The van der Waals surface area contributed by atoms with E-state index in [1.54, 1.807) is 0 Å². The van der Waals surface area contributed by atoms with Crippen molar-refractivity contribution >= 4 is 0 Å². The van der Waals surface area contributed by atoms with Crippen molar-refractivity contribution in [2.45, 2.75) is 19.4 Å². The average molecular weight is 124 g/mol. The molecular formula is C7H12N2. The van der Waals surface area contributed by atoms with Crippen molar-refractivity contribution in [1.29, 1.82) is 0 Å². The van der Waals surface area contributed by atoms with E-state index in [1.165, 1.54) is 5.57 Å². The van der Waals surface area contributed by atoms with Gasteiger partial charge < -0.3 is 11.5 Å². The highest BCUT2D eigenvalue weighted by atomic mass is 14.6. The highest BCUT2D eigenvalue weighted by molar-refractivity contribution is 5.27. The van der Waals surface area contributed by atoms with Crippen LogP contribution in [-0.4, -0.2) is 6.04 Å². The molecule has 1 aliphatic rings. The highest BCUT2D eigenvalue weighted by Gasteiger charge is 2.05. The molecule has 0 aromatic heterocycles. The van der Waals surface area contributed by atoms with E-state index >= 15 is 0 Å². The van der Waals surface area contributed by atoms with E-state index in [9.17, 15) is 0 Å². The Labute approximate surface area is 55.2 Å². The Morgan fingerprint density at radius 3 is 2.78 bits per heavy atom. The van der Waals surface area contributed by atoms with Crippen LogP contribution in [0.25, 0.3) is 0 Å². The van der Waals surface area contributed by atoms with Crippen molar-refractivity contribution in [3.8, 4) is 0 Å². The normalized spacial score (nSPS) is 27.1. The van der Waals surface area contributed by atoms with Gasteiger partial charge in [0, 0.05) is 11.7 Å². The number of hydrogen-bond donors (Lipinski definition) is 2. The Bertz CT molecular complexity index is 168. The smallest absolute Gasteiger partial charge is 0.0301 e. The van der Waals surface area contributed by atoms with Crippen LogP contribution < -0.4 is 11.5 Å². The van der Waals surface area contributed by atoms with Crippen molar-refractivity contribution < 1.29 is 0 Å². The zero-order valence-corrected chi connectivity index (χ0v) is 5.59. The van der Waals surface area contributed by atoms with Gasteiger partial charge in [-0.2, -0.15) is 0 Å². The summed E-state index contributed by atoms with van der Waals surface area (Å²) in [6.07, 6.45) is 4.72. The summed E-state index contributed by atoms with van der Waals surface area (Å²) in [6, 6.07) is 0.178. The Morgan fingerprint density at radius 2 is 2.33 bits per heavy atom. The first-order valence-electron chi connectivity index (χ1n) is 3.09. The van der Waals surface area contributed by atoms with Gasteiger partial charge in [-0.05, 0) is 25.0 Å². The molecule has 1 atom stereocenters. The van der Waals surface area contributed by atoms with E-state index in [1.807, 2.05) is 19.1 Å². The van der Waals surface area contributed by atoms with Crippen LogP contribution in [0.5, 0.6) is 0 Å². The van der Waals surface area contributed by atoms with Crippen LogP contribution in [0.3, 0.4) is 0 Å². The molecule has 0 saturated carbocycles. The molecule has 0 saturated heterocycles. The van der Waals surface area contributed by atoms with Crippen LogP contribution in [0.15, 0.2) is 23.4 Å². The lowest BCUT2D eigenvalue weighted by Gasteiger charge is -2.13. The summed E-state index contributed by atoms with van der Waals surface area (Å²) in [5.74, 6) is 0. The Kier molecular flexibility index (Phi) is 1.58. The van der Waals surface area contributed by atoms with Gasteiger partial charge >= 0.3 is 0 Å². The van der Waals surface area contributed by atoms with Gasteiger partial charge in [-0.25, -0.2) is 0 Å². The van der Waals surface area contributed by atoms with E-state index in [-0.39, 0.29) is 6.04 Å². The Hall–Kier alpha value is -0.760. The lowest BCUT2D eigenvalue weighted by atomic mass is 10.0. The molecule has 2 nitrogen and oxygen atoms in total. The fraction of sp³-hybridized carbons (Fsp3) is 0.429. The van der Waals surface area contributed by atoms with Gasteiger partial charge in [0.2, 0.25) is 0 Å². The maximum Gasteiger partial charge on any atom is 0.0301 e. The van der Waals surface area contributed by atoms with E-state index in [4.69, 9.17) is 11.5 Å². The summed E-state index contributed by atoms with van der Waals surface area (Å²) >= 11 is 0. The van der Waals surface area contributed by atoms with Crippen molar-refractivity contribution in [3.05, 3.63) is 23.4 Å². The predicted octanol–water partition coefficient (Wildman–Crippen LogP) is 0.506. The van der Waals surface area contributed by atoms with E-state index in [2.05, 4.69) is 0 Å². The molecule has 0 bridgehead atoms. The second-order valence-corrected chi connectivity index (χ2v) is 2.46. The zero-order valence-electron chi connectivity index (χ0n) is 5.59. The summed E-state index contributed by atoms with van der Waals surface area (Å²) in [7, 11) is 0. The van der Waals surface area contributed by atoms with Gasteiger partial charge in [-0.3, -0.25) is 0 Å². The number of allylic oxidation sites excluding steroid dienone is 1. The molecule has 1 unspecified atom stereocenters. The summed E-state index contributed by atoms with van der Waals surface area (Å²) in [5.41, 5.74) is 13.3. The van der Waals surface area contributed by atoms with Crippen LogP contribution in [-0.2, 0) is 0 Å². The van der Waals surface area contributed by atoms with Crippen LogP contribution in [0, 0.1) is 0 Å². The third-order valence-corrected chi connectivity index (χ3v) is 1.56. The molecule has 1 rings (SSSR count). The molecule has 0 aromatic carbocycles. The summed E-state index contributed by atoms with van der Waals surface area (Å²) in [5, 5.41) is 0. The molecular weight excluding hydrogens is 112 g/mol. The monoisotopic (exact) mass is 124 g/mol. The summed E-state index contributed by atoms with van der Waals surface area (Å²) in [4.78, 5) is 0. The number of hydrogen-bond acceptors (Lipinski definition) is 2. The summed E-state index contributed by atoms with van der Waals surface area (Å²) in [6.45, 7) is 2.01. The maximum atomic E-state index is 5.61. The highest BCUT2D eigenvalue weighted by Crippen LogP contribution is 2.12. The Morgan fingerprint density at radius 1 is 1.67 bits per heavy atom. The second-order valence-electron chi connectivity index (χ2n) is 2.46. The molecule has 0 aromatic rings. The van der Waals surface area contributed by atoms with Gasteiger partial charge in [-0.15, -0.1) is 0 Å². The van der Waals surface area contributed by atoms with Crippen molar-refractivity contribution in [2.75, 3.05) is 0 Å². The van der Waals surface area contributed by atoms with Crippen molar-refractivity contribution in [1.82, 2.24) is 0 Å². The van der Waals surface area contributed by atoms with Crippen LogP contribution >= 0.6 is 0 Å². The fourth-order valence-corrected chi connectivity index (χ4v) is 0.909. The molecule has 50 valence electrons. The molecule has 1 aliphatic carbocycles. The number of rotatable bonds is 0. The molecule has 2 heteroatoms.